The number of anilines is 1. The Morgan fingerprint density at radius 1 is 0.943 bits per heavy atom. The van der Waals surface area contributed by atoms with Crippen LogP contribution in [0.1, 0.15) is 13.8 Å². The van der Waals surface area contributed by atoms with Crippen molar-refractivity contribution in [1.29, 1.82) is 0 Å². The van der Waals surface area contributed by atoms with Crippen LogP contribution in [0.2, 0.25) is 0 Å². The number of sulfone groups is 2. The number of amides is 1. The summed E-state index contributed by atoms with van der Waals surface area (Å²) >= 11 is 0. The molecule has 3 rings (SSSR count). The molecule has 2 aromatic carbocycles. The Hall–Kier alpha value is -3.46. The Balaban J connectivity index is 1.77. The topological polar surface area (TPSA) is 148 Å². The average molecular weight is 533 g/mol. The third-order valence-corrected chi connectivity index (χ3v) is 8.40. The fraction of sp³-hybridized carbons (Fsp3) is 0.250. The van der Waals surface area contributed by atoms with E-state index in [0.717, 1.165) is 56.5 Å². The zero-order chi connectivity index (χ0) is 26.2. The number of H-pyrrole nitrogens is 1. The van der Waals surface area contributed by atoms with E-state index < -0.39 is 42.4 Å². The van der Waals surface area contributed by atoms with E-state index in [1.807, 2.05) is 0 Å². The van der Waals surface area contributed by atoms with E-state index in [9.17, 15) is 34.8 Å². The molecule has 35 heavy (non-hydrogen) atoms. The van der Waals surface area contributed by atoms with Crippen molar-refractivity contribution in [3.63, 3.8) is 0 Å². The molecule has 1 amide bonds. The van der Waals surface area contributed by atoms with Crippen LogP contribution in [0.15, 0.2) is 58.3 Å². The highest BCUT2D eigenvalue weighted by Gasteiger charge is 2.43. The van der Waals surface area contributed by atoms with Gasteiger partial charge in [0.2, 0.25) is 11.9 Å². The minimum atomic E-state index is -4.84. The lowest BCUT2D eigenvalue weighted by molar-refractivity contribution is -0.274. The van der Waals surface area contributed by atoms with Gasteiger partial charge < -0.3 is 4.74 Å². The molecular formula is C20H19F3N4O6S2. The van der Waals surface area contributed by atoms with Crippen LogP contribution in [0.4, 0.5) is 19.1 Å². The predicted molar refractivity (Wildman–Crippen MR) is 118 cm³/mol. The number of carbonyl (C=O) groups is 1. The summed E-state index contributed by atoms with van der Waals surface area (Å²) in [7, 11) is -7.80. The smallest absolute Gasteiger partial charge is 0.406 e. The molecule has 0 radical (unpaired) electrons. The normalized spacial score (nSPS) is 12.9. The van der Waals surface area contributed by atoms with E-state index in [1.54, 1.807) is 0 Å². The largest absolute Gasteiger partial charge is 0.573 e. The van der Waals surface area contributed by atoms with Gasteiger partial charge in [0.05, 0.1) is 9.79 Å². The molecule has 0 aliphatic carbocycles. The number of aromatic nitrogens is 3. The summed E-state index contributed by atoms with van der Waals surface area (Å²) in [6, 6.07) is 9.13. The van der Waals surface area contributed by atoms with Crippen molar-refractivity contribution in [3.8, 4) is 17.1 Å². The van der Waals surface area contributed by atoms with Crippen molar-refractivity contribution >= 4 is 31.5 Å². The molecule has 3 aromatic rings. The number of ether oxygens (including phenoxy) is 1. The molecule has 0 spiro atoms. The number of aromatic amines is 1. The van der Waals surface area contributed by atoms with Gasteiger partial charge in [0.25, 0.3) is 0 Å². The number of carbonyl (C=O) groups excluding carboxylic acids is 1. The Morgan fingerprint density at radius 3 is 2.00 bits per heavy atom. The summed E-state index contributed by atoms with van der Waals surface area (Å²) in [5, 5.41) is 8.56. The third kappa shape index (κ3) is 5.79. The van der Waals surface area contributed by atoms with Gasteiger partial charge in [0.15, 0.2) is 25.5 Å². The van der Waals surface area contributed by atoms with Crippen molar-refractivity contribution in [1.82, 2.24) is 15.2 Å². The average Bonchev–Trinajstić information content (AvgIpc) is 3.21. The van der Waals surface area contributed by atoms with Gasteiger partial charge in [-0.05, 0) is 62.4 Å². The van der Waals surface area contributed by atoms with Crippen molar-refractivity contribution in [2.45, 2.75) is 34.7 Å². The first-order valence-corrected chi connectivity index (χ1v) is 13.0. The standard InChI is InChI=1S/C20H19F3N4O6S2/c1-19(2,35(31,32)15-10-8-14(9-11-15)34(3,29)30)17(28)25-18-24-16(26-27-18)12-4-6-13(7-5-12)33-20(21,22)23/h4-11H,1-3H3,(H2,24,25,26,27,28). The van der Waals surface area contributed by atoms with E-state index in [-0.39, 0.29) is 21.6 Å². The van der Waals surface area contributed by atoms with E-state index >= 15 is 0 Å². The lowest BCUT2D eigenvalue weighted by Gasteiger charge is -2.23. The molecule has 1 heterocycles. The second kappa shape index (κ2) is 8.96. The molecule has 188 valence electrons. The van der Waals surface area contributed by atoms with Gasteiger partial charge in [-0.15, -0.1) is 18.3 Å². The van der Waals surface area contributed by atoms with Crippen LogP contribution < -0.4 is 10.1 Å². The van der Waals surface area contributed by atoms with Gasteiger partial charge in [-0.25, -0.2) is 16.8 Å². The number of halogens is 3. The van der Waals surface area contributed by atoms with E-state index in [2.05, 4.69) is 25.2 Å². The zero-order valence-corrected chi connectivity index (χ0v) is 20.0. The molecule has 1 aromatic heterocycles. The Labute approximate surface area is 198 Å². The maximum absolute atomic E-state index is 13.1. The molecule has 0 saturated heterocycles. The Bertz CT molecular complexity index is 1450. The number of rotatable bonds is 7. The van der Waals surface area contributed by atoms with Crippen LogP contribution in [0, 0.1) is 0 Å². The van der Waals surface area contributed by atoms with Gasteiger partial charge in [0, 0.05) is 11.8 Å². The van der Waals surface area contributed by atoms with Crippen LogP contribution in [0.3, 0.4) is 0 Å². The molecule has 2 N–H and O–H groups in total. The molecule has 10 nitrogen and oxygen atoms in total. The first-order valence-electron chi connectivity index (χ1n) is 9.65. The fourth-order valence-electron chi connectivity index (χ4n) is 2.80. The highest BCUT2D eigenvalue weighted by atomic mass is 32.2. The quantitative estimate of drug-likeness (QED) is 0.472. The van der Waals surface area contributed by atoms with Crippen molar-refractivity contribution < 1.29 is 39.5 Å². The maximum Gasteiger partial charge on any atom is 0.573 e. The molecule has 0 saturated carbocycles. The maximum atomic E-state index is 13.1. The summed E-state index contributed by atoms with van der Waals surface area (Å²) in [5.41, 5.74) is 0.324. The monoisotopic (exact) mass is 532 g/mol. The van der Waals surface area contributed by atoms with E-state index in [4.69, 9.17) is 0 Å². The second-order valence-corrected chi connectivity index (χ2v) is 12.3. The number of nitrogens with one attached hydrogen (secondary N) is 2. The number of benzene rings is 2. The van der Waals surface area contributed by atoms with Gasteiger partial charge in [-0.2, -0.15) is 4.98 Å². The molecule has 0 aliphatic rings. The molecule has 0 fully saturated rings. The van der Waals surface area contributed by atoms with Crippen molar-refractivity contribution in [2.75, 3.05) is 11.6 Å². The van der Waals surface area contributed by atoms with Crippen LogP contribution in [-0.2, 0) is 24.5 Å². The first kappa shape index (κ1) is 26.2. The highest BCUT2D eigenvalue weighted by molar-refractivity contribution is 7.93. The molecular weight excluding hydrogens is 513 g/mol. The Kier molecular flexibility index (Phi) is 6.69. The number of hydrogen-bond donors (Lipinski definition) is 2. The third-order valence-electron chi connectivity index (χ3n) is 4.85. The van der Waals surface area contributed by atoms with Crippen LogP contribution in [-0.4, -0.2) is 55.3 Å². The van der Waals surface area contributed by atoms with Gasteiger partial charge in [0.1, 0.15) is 10.5 Å². The lowest BCUT2D eigenvalue weighted by atomic mass is 10.2. The minimum Gasteiger partial charge on any atom is -0.406 e. The van der Waals surface area contributed by atoms with Crippen LogP contribution >= 0.6 is 0 Å². The summed E-state index contributed by atoms with van der Waals surface area (Å²) in [6.45, 7) is 2.32. The molecule has 0 atom stereocenters. The lowest BCUT2D eigenvalue weighted by Crippen LogP contribution is -2.44. The highest BCUT2D eigenvalue weighted by Crippen LogP contribution is 2.28. The van der Waals surface area contributed by atoms with Crippen LogP contribution in [0.25, 0.3) is 11.4 Å². The van der Waals surface area contributed by atoms with Crippen molar-refractivity contribution in [2.24, 2.45) is 0 Å². The zero-order valence-electron chi connectivity index (χ0n) is 18.4. The summed E-state index contributed by atoms with van der Waals surface area (Å²) in [4.78, 5) is 16.5. The molecule has 0 bridgehead atoms. The summed E-state index contributed by atoms with van der Waals surface area (Å²) < 4.78 is 87.9. The fourth-order valence-corrected chi connectivity index (χ4v) is 4.81. The molecule has 15 heteroatoms. The molecule has 0 unspecified atom stereocenters. The Morgan fingerprint density at radius 2 is 1.49 bits per heavy atom. The predicted octanol–water partition coefficient (Wildman–Crippen LogP) is 2.96. The van der Waals surface area contributed by atoms with E-state index in [0.29, 0.717) is 5.56 Å². The van der Waals surface area contributed by atoms with Gasteiger partial charge >= 0.3 is 6.36 Å². The SMILES string of the molecule is CC(C)(C(=O)Nc1n[nH]c(-c2ccc(OC(F)(F)F)cc2)n1)S(=O)(=O)c1ccc(S(C)(=O)=O)cc1. The van der Waals surface area contributed by atoms with Crippen molar-refractivity contribution in [3.05, 3.63) is 48.5 Å². The van der Waals surface area contributed by atoms with Gasteiger partial charge in [-0.1, -0.05) is 0 Å². The second-order valence-electron chi connectivity index (χ2n) is 7.79. The number of nitrogens with zero attached hydrogens (tertiary/aromatic N) is 2. The number of alkyl halides is 3. The summed E-state index contributed by atoms with van der Waals surface area (Å²) in [5.74, 6) is -1.58. The van der Waals surface area contributed by atoms with E-state index in [1.165, 1.54) is 12.1 Å². The molecule has 0 aliphatic heterocycles. The minimum absolute atomic E-state index is 0.0787. The number of hydrogen-bond acceptors (Lipinski definition) is 8. The van der Waals surface area contributed by atoms with Gasteiger partial charge in [-0.3, -0.25) is 15.2 Å². The first-order chi connectivity index (χ1) is 16.0. The summed E-state index contributed by atoms with van der Waals surface area (Å²) in [6.07, 6.45) is -3.86. The van der Waals surface area contributed by atoms with Crippen LogP contribution in [0.5, 0.6) is 5.75 Å².